The average Bonchev–Trinajstić information content (AvgIpc) is 3.73. The number of carbonyl (C=O) groups excluding carboxylic acids is 2. The monoisotopic (exact) mass is 692 g/mol. The summed E-state index contributed by atoms with van der Waals surface area (Å²) in [4.78, 5) is 53.6. The van der Waals surface area contributed by atoms with Crippen LogP contribution in [0.2, 0.25) is 0 Å². The van der Waals surface area contributed by atoms with E-state index in [2.05, 4.69) is 25.5 Å². The van der Waals surface area contributed by atoms with Crippen molar-refractivity contribution in [2.45, 2.75) is 46.0 Å². The molecule has 1 atom stereocenters. The topological polar surface area (TPSA) is 145 Å². The highest BCUT2D eigenvalue weighted by atomic mass is 19.4. The summed E-state index contributed by atoms with van der Waals surface area (Å²) in [6.07, 6.45) is 0.479. The predicted molar refractivity (Wildman–Crippen MR) is 177 cm³/mol. The van der Waals surface area contributed by atoms with Gasteiger partial charge in [0.25, 0.3) is 11.5 Å². The van der Waals surface area contributed by atoms with Crippen LogP contribution in [0.3, 0.4) is 0 Å². The van der Waals surface area contributed by atoms with E-state index in [0.29, 0.717) is 54.4 Å². The molecular formula is C33H35F3N10O4. The first-order valence-electron chi connectivity index (χ1n) is 15.8. The molecule has 1 aliphatic heterocycles. The summed E-state index contributed by atoms with van der Waals surface area (Å²) in [6, 6.07) is 6.08. The Morgan fingerprint density at radius 1 is 1.14 bits per heavy atom. The Balaban J connectivity index is 1.40. The Morgan fingerprint density at radius 2 is 1.92 bits per heavy atom. The average molecular weight is 693 g/mol. The highest BCUT2D eigenvalue weighted by molar-refractivity contribution is 5.94. The Kier molecular flexibility index (Phi) is 9.07. The summed E-state index contributed by atoms with van der Waals surface area (Å²) < 4.78 is 49.3. The number of amides is 2. The highest BCUT2D eigenvalue weighted by Gasteiger charge is 2.33. The summed E-state index contributed by atoms with van der Waals surface area (Å²) in [6.45, 7) is 5.86. The van der Waals surface area contributed by atoms with Gasteiger partial charge in [0.15, 0.2) is 5.82 Å². The van der Waals surface area contributed by atoms with Gasteiger partial charge in [0.2, 0.25) is 17.6 Å². The van der Waals surface area contributed by atoms with E-state index >= 15 is 0 Å². The maximum Gasteiger partial charge on any atom is 0.416 e. The predicted octanol–water partition coefficient (Wildman–Crippen LogP) is 3.57. The third-order valence-electron chi connectivity index (χ3n) is 8.65. The van der Waals surface area contributed by atoms with Crippen LogP contribution < -0.4 is 20.5 Å². The second-order valence-corrected chi connectivity index (χ2v) is 12.0. The molecule has 4 aromatic heterocycles. The number of rotatable bonds is 8. The van der Waals surface area contributed by atoms with E-state index in [1.54, 1.807) is 39.5 Å². The van der Waals surface area contributed by atoms with E-state index in [4.69, 9.17) is 4.74 Å². The van der Waals surface area contributed by atoms with Crippen molar-refractivity contribution in [2.24, 2.45) is 7.05 Å². The zero-order valence-corrected chi connectivity index (χ0v) is 28.0. The lowest BCUT2D eigenvalue weighted by atomic mass is 10.1. The van der Waals surface area contributed by atoms with Crippen LogP contribution in [0.1, 0.15) is 41.0 Å². The first kappa shape index (κ1) is 34.1. The lowest BCUT2D eigenvalue weighted by molar-refractivity contribution is -0.137. The zero-order chi connectivity index (χ0) is 35.9. The van der Waals surface area contributed by atoms with Gasteiger partial charge in [-0.25, -0.2) is 4.98 Å². The van der Waals surface area contributed by atoms with Crippen LogP contribution in [0.5, 0.6) is 5.88 Å². The number of fused-ring (bicyclic) bond motifs is 1. The molecular weight excluding hydrogens is 657 g/mol. The molecule has 0 aliphatic carbocycles. The van der Waals surface area contributed by atoms with Gasteiger partial charge in [0.1, 0.15) is 12.2 Å². The van der Waals surface area contributed by atoms with Gasteiger partial charge in [0.05, 0.1) is 30.1 Å². The molecule has 2 amide bonds. The van der Waals surface area contributed by atoms with Crippen molar-refractivity contribution in [3.8, 4) is 17.3 Å². The van der Waals surface area contributed by atoms with E-state index in [9.17, 15) is 27.6 Å². The van der Waals surface area contributed by atoms with Crippen molar-refractivity contribution >= 4 is 29.0 Å². The van der Waals surface area contributed by atoms with Crippen molar-refractivity contribution in [3.05, 3.63) is 81.7 Å². The Bertz CT molecular complexity index is 2160. The fourth-order valence-corrected chi connectivity index (χ4v) is 6.19. The summed E-state index contributed by atoms with van der Waals surface area (Å²) in [5.74, 6) is -0.119. The molecule has 6 rings (SSSR count). The van der Waals surface area contributed by atoms with Crippen molar-refractivity contribution in [3.63, 3.8) is 0 Å². The largest absolute Gasteiger partial charge is 0.481 e. The minimum absolute atomic E-state index is 0.0964. The maximum atomic E-state index is 14.3. The first-order chi connectivity index (χ1) is 23.8. The second kappa shape index (κ2) is 13.3. The lowest BCUT2D eigenvalue weighted by Crippen LogP contribution is -2.55. The number of benzene rings is 1. The molecule has 0 spiro atoms. The molecule has 50 heavy (non-hydrogen) atoms. The molecule has 5 aromatic rings. The summed E-state index contributed by atoms with van der Waals surface area (Å²) in [5, 5.41) is 11.4. The fourth-order valence-electron chi connectivity index (χ4n) is 6.19. The third-order valence-corrected chi connectivity index (χ3v) is 8.65. The third kappa shape index (κ3) is 6.49. The van der Waals surface area contributed by atoms with Crippen LogP contribution in [0.4, 0.5) is 24.5 Å². The van der Waals surface area contributed by atoms with Crippen LogP contribution in [-0.4, -0.2) is 83.4 Å². The standard InChI is InChI=1S/C33H35F3N10O4/c1-6-25-28(43-11-12-44(20(3)16-43)30(48)22-15-38-42(4)17-22)31(49)46-32(40-29(41-46)21-9-10-37-27(14-21)50-5)45(25)18-26(47)39-24-8-7-23(13-19(24)2)33(34,35)36/h7-10,13-15,17,20H,6,11-12,16,18H2,1-5H3,(H,39,47)/t20-/m1/s1. The first-order valence-corrected chi connectivity index (χ1v) is 15.8. The van der Waals surface area contributed by atoms with Gasteiger partial charge in [-0.3, -0.25) is 19.1 Å². The summed E-state index contributed by atoms with van der Waals surface area (Å²) in [7, 11) is 3.20. The van der Waals surface area contributed by atoms with Gasteiger partial charge in [-0.05, 0) is 50.1 Å². The molecule has 1 saturated heterocycles. The molecule has 0 unspecified atom stereocenters. The Labute approximate surface area is 284 Å². The number of aryl methyl sites for hydroxylation is 2. The van der Waals surface area contributed by atoms with Crippen LogP contribution >= 0.6 is 0 Å². The van der Waals surface area contributed by atoms with Gasteiger partial charge in [-0.1, -0.05) is 6.92 Å². The molecule has 0 saturated carbocycles. The second-order valence-electron chi connectivity index (χ2n) is 12.0. The number of nitrogens with zero attached hydrogens (tertiary/aromatic N) is 9. The molecule has 17 heteroatoms. The number of pyridine rings is 1. The molecule has 14 nitrogen and oxygen atoms in total. The van der Waals surface area contributed by atoms with Gasteiger partial charge in [0, 0.05) is 62.4 Å². The van der Waals surface area contributed by atoms with Crippen molar-refractivity contribution in [1.82, 2.24) is 38.8 Å². The minimum atomic E-state index is -4.53. The number of alkyl halides is 3. The number of halogens is 3. The summed E-state index contributed by atoms with van der Waals surface area (Å²) in [5.41, 5.74) is 0.968. The van der Waals surface area contributed by atoms with Gasteiger partial charge in [-0.2, -0.15) is 27.8 Å². The van der Waals surface area contributed by atoms with E-state index in [1.165, 1.54) is 32.5 Å². The van der Waals surface area contributed by atoms with Crippen LogP contribution in [0, 0.1) is 6.92 Å². The Morgan fingerprint density at radius 3 is 2.56 bits per heavy atom. The van der Waals surface area contributed by atoms with E-state index in [-0.39, 0.29) is 41.3 Å². The van der Waals surface area contributed by atoms with Gasteiger partial charge >= 0.3 is 6.18 Å². The number of aromatic nitrogens is 7. The number of ether oxygens (including phenoxy) is 1. The highest BCUT2D eigenvalue weighted by Crippen LogP contribution is 2.32. The van der Waals surface area contributed by atoms with Crippen LogP contribution in [0.15, 0.2) is 53.7 Å². The van der Waals surface area contributed by atoms with Crippen molar-refractivity contribution in [1.29, 1.82) is 0 Å². The molecule has 5 heterocycles. The van der Waals surface area contributed by atoms with Gasteiger partial charge < -0.3 is 24.4 Å². The smallest absolute Gasteiger partial charge is 0.416 e. The molecule has 1 aromatic carbocycles. The fraction of sp³-hybridized carbons (Fsp3) is 0.364. The Hall–Kier alpha value is -5.74. The van der Waals surface area contributed by atoms with E-state index < -0.39 is 23.2 Å². The number of nitrogens with one attached hydrogen (secondary N) is 1. The van der Waals surface area contributed by atoms with E-state index in [1.807, 2.05) is 18.7 Å². The SMILES string of the molecule is CCc1c(N2CCN(C(=O)c3cnn(C)c3)[C@H](C)C2)c(=O)n2nc(-c3ccnc(OC)c3)nc2n1CC(=O)Nc1ccc(C(F)(F)F)cc1C. The molecule has 0 bridgehead atoms. The molecule has 1 fully saturated rings. The number of hydrogen-bond acceptors (Lipinski definition) is 9. The van der Waals surface area contributed by atoms with Crippen molar-refractivity contribution in [2.75, 3.05) is 37.0 Å². The van der Waals surface area contributed by atoms with Crippen molar-refractivity contribution < 1.29 is 27.5 Å². The maximum absolute atomic E-state index is 14.3. The lowest BCUT2D eigenvalue weighted by Gasteiger charge is -2.41. The molecule has 1 N–H and O–H groups in total. The number of hydrogen-bond donors (Lipinski definition) is 1. The number of methoxy groups -OCH3 is 1. The quantitative estimate of drug-likeness (QED) is 0.258. The van der Waals surface area contributed by atoms with Gasteiger partial charge in [-0.15, -0.1) is 5.10 Å². The normalized spacial score (nSPS) is 15.1. The molecule has 1 aliphatic rings. The molecule has 0 radical (unpaired) electrons. The number of anilines is 2. The minimum Gasteiger partial charge on any atom is -0.481 e. The summed E-state index contributed by atoms with van der Waals surface area (Å²) >= 11 is 0. The zero-order valence-electron chi connectivity index (χ0n) is 28.0. The number of piperazine rings is 1. The van der Waals surface area contributed by atoms with Crippen LogP contribution in [0.25, 0.3) is 17.2 Å². The van der Waals surface area contributed by atoms with E-state index in [0.717, 1.165) is 16.6 Å². The molecule has 262 valence electrons. The van der Waals surface area contributed by atoms with Crippen LogP contribution in [-0.2, 0) is 31.0 Å². The number of carbonyl (C=O) groups is 2.